The zero-order valence-electron chi connectivity index (χ0n) is 15.7. The molecule has 3 heterocycles. The Bertz CT molecular complexity index is 899. The van der Waals surface area contributed by atoms with E-state index in [1.54, 1.807) is 24.1 Å². The second-order valence-corrected chi connectivity index (χ2v) is 7.43. The van der Waals surface area contributed by atoms with Crippen molar-refractivity contribution >= 4 is 17.5 Å². The molecule has 1 aliphatic heterocycles. The minimum Gasteiger partial charge on any atom is -0.350 e. The summed E-state index contributed by atoms with van der Waals surface area (Å²) in [6, 6.07) is -0.266. The lowest BCUT2D eigenvalue weighted by atomic mass is 10.1. The first-order valence-corrected chi connectivity index (χ1v) is 9.39. The van der Waals surface area contributed by atoms with E-state index in [2.05, 4.69) is 20.7 Å². The second kappa shape index (κ2) is 7.05. The smallest absolute Gasteiger partial charge is 0.319 e. The number of hydrogen-bond acceptors (Lipinski definition) is 5. The van der Waals surface area contributed by atoms with Gasteiger partial charge in [0.05, 0.1) is 11.4 Å². The van der Waals surface area contributed by atoms with Crippen molar-refractivity contribution in [2.45, 2.75) is 37.6 Å². The molecular weight excluding hydrogens is 346 g/mol. The van der Waals surface area contributed by atoms with Gasteiger partial charge in [-0.1, -0.05) is 0 Å². The highest BCUT2D eigenvalue weighted by Crippen LogP contribution is 2.42. The normalized spacial score (nSPS) is 19.8. The molecule has 0 radical (unpaired) electrons. The lowest BCUT2D eigenvalue weighted by Gasteiger charge is -2.33. The van der Waals surface area contributed by atoms with Crippen LogP contribution in [0.5, 0.6) is 0 Å². The molecule has 0 bridgehead atoms. The van der Waals surface area contributed by atoms with Crippen LogP contribution in [-0.4, -0.2) is 44.5 Å². The van der Waals surface area contributed by atoms with Crippen molar-refractivity contribution in [3.63, 3.8) is 0 Å². The van der Waals surface area contributed by atoms with Gasteiger partial charge < -0.3 is 20.1 Å². The monoisotopic (exact) mass is 371 g/mol. The highest BCUT2D eigenvalue weighted by molar-refractivity contribution is 5.90. The van der Waals surface area contributed by atoms with Crippen molar-refractivity contribution in [1.29, 1.82) is 0 Å². The molecule has 0 spiro atoms. The Morgan fingerprint density at radius 1 is 1.26 bits per heavy atom. The fourth-order valence-corrected chi connectivity index (χ4v) is 3.59. The minimum absolute atomic E-state index is 0.0356. The van der Waals surface area contributed by atoms with Gasteiger partial charge in [0.25, 0.3) is 5.56 Å². The van der Waals surface area contributed by atoms with E-state index in [0.717, 1.165) is 43.6 Å². The van der Waals surface area contributed by atoms with Crippen LogP contribution in [0.3, 0.4) is 0 Å². The van der Waals surface area contributed by atoms with Gasteiger partial charge in [-0.2, -0.15) is 5.10 Å². The predicted molar refractivity (Wildman–Crippen MR) is 102 cm³/mol. The predicted octanol–water partition coefficient (Wildman–Crippen LogP) is 1.18. The molecule has 144 valence electrons. The lowest BCUT2D eigenvalue weighted by Crippen LogP contribution is -2.50. The van der Waals surface area contributed by atoms with Gasteiger partial charge in [-0.15, -0.1) is 0 Å². The minimum atomic E-state index is -0.231. The average molecular weight is 371 g/mol. The molecule has 4 rings (SSSR count). The van der Waals surface area contributed by atoms with Crippen LogP contribution in [0.15, 0.2) is 23.4 Å². The van der Waals surface area contributed by atoms with E-state index in [0.29, 0.717) is 18.3 Å². The maximum absolute atomic E-state index is 12.5. The van der Waals surface area contributed by atoms with Crippen LogP contribution < -0.4 is 21.1 Å². The van der Waals surface area contributed by atoms with Crippen molar-refractivity contribution in [2.75, 3.05) is 23.3 Å². The number of nitrogens with one attached hydrogen (secondary N) is 2. The van der Waals surface area contributed by atoms with E-state index in [4.69, 9.17) is 0 Å². The first-order chi connectivity index (χ1) is 13.0. The van der Waals surface area contributed by atoms with Crippen molar-refractivity contribution in [3.05, 3.63) is 34.6 Å². The number of anilines is 2. The largest absolute Gasteiger partial charge is 0.350 e. The summed E-state index contributed by atoms with van der Waals surface area (Å²) in [6.45, 7) is 1.34. The highest BCUT2D eigenvalue weighted by Gasteiger charge is 2.30. The van der Waals surface area contributed by atoms with Gasteiger partial charge in [-0.25, -0.2) is 9.78 Å². The molecule has 1 saturated carbocycles. The second-order valence-electron chi connectivity index (χ2n) is 7.43. The summed E-state index contributed by atoms with van der Waals surface area (Å²) in [5.41, 5.74) is 1.63. The Kier molecular flexibility index (Phi) is 4.59. The Hall–Kier alpha value is -2.84. The Balaban J connectivity index is 1.40. The zero-order valence-corrected chi connectivity index (χ0v) is 15.7. The first-order valence-electron chi connectivity index (χ1n) is 9.39. The van der Waals surface area contributed by atoms with Crippen molar-refractivity contribution < 1.29 is 4.79 Å². The molecule has 2 amide bonds. The SMILES string of the molecule is Cn1cc(NC(=O)NC2CCCN(c3nccn(C)c3=O)C2)c(C2CC2)n1. The standard InChI is InChI=1S/C18H25N7O2/c1-23-9-7-19-16(17(23)26)25-8-3-4-13(10-25)20-18(27)21-14-11-24(2)22-15(14)12-5-6-12/h7,9,11-13H,3-6,8,10H2,1-2H3,(H2,20,21,27). The number of aromatic nitrogens is 4. The summed E-state index contributed by atoms with van der Waals surface area (Å²) in [6.07, 6.45) is 9.14. The third kappa shape index (κ3) is 3.81. The number of aryl methyl sites for hydroxylation is 2. The summed E-state index contributed by atoms with van der Waals surface area (Å²) in [4.78, 5) is 31.0. The Labute approximate surface area is 157 Å². The third-order valence-corrected chi connectivity index (χ3v) is 5.12. The van der Waals surface area contributed by atoms with E-state index in [1.165, 1.54) is 4.57 Å². The maximum atomic E-state index is 12.5. The molecular formula is C18H25N7O2. The summed E-state index contributed by atoms with van der Waals surface area (Å²) in [5.74, 6) is 0.905. The number of carbonyl (C=O) groups excluding carboxylic acids is 1. The number of hydrogen-bond donors (Lipinski definition) is 2. The third-order valence-electron chi connectivity index (χ3n) is 5.12. The fourth-order valence-electron chi connectivity index (χ4n) is 3.59. The number of piperidine rings is 1. The van der Waals surface area contributed by atoms with Crippen LogP contribution in [0.1, 0.15) is 37.3 Å². The van der Waals surface area contributed by atoms with E-state index < -0.39 is 0 Å². The summed E-state index contributed by atoms with van der Waals surface area (Å²) in [7, 11) is 3.58. The van der Waals surface area contributed by atoms with Crippen LogP contribution >= 0.6 is 0 Å². The van der Waals surface area contributed by atoms with Crippen LogP contribution in [0.25, 0.3) is 0 Å². The highest BCUT2D eigenvalue weighted by atomic mass is 16.2. The maximum Gasteiger partial charge on any atom is 0.319 e. The number of carbonyl (C=O) groups is 1. The molecule has 2 N–H and O–H groups in total. The van der Waals surface area contributed by atoms with E-state index in [9.17, 15) is 9.59 Å². The van der Waals surface area contributed by atoms with Crippen LogP contribution in [0, 0.1) is 0 Å². The molecule has 1 saturated heterocycles. The fraction of sp³-hybridized carbons (Fsp3) is 0.556. The number of rotatable bonds is 4. The van der Waals surface area contributed by atoms with Gasteiger partial charge in [0.2, 0.25) is 0 Å². The van der Waals surface area contributed by atoms with Gasteiger partial charge in [-0.3, -0.25) is 9.48 Å². The van der Waals surface area contributed by atoms with Crippen LogP contribution in [0.4, 0.5) is 16.3 Å². The quantitative estimate of drug-likeness (QED) is 0.841. The summed E-state index contributed by atoms with van der Waals surface area (Å²) >= 11 is 0. The van der Waals surface area contributed by atoms with E-state index >= 15 is 0 Å². The number of nitrogens with zero attached hydrogens (tertiary/aromatic N) is 5. The van der Waals surface area contributed by atoms with Crippen molar-refractivity contribution in [3.8, 4) is 0 Å². The molecule has 2 aromatic heterocycles. The number of urea groups is 1. The van der Waals surface area contributed by atoms with Gasteiger partial charge in [0, 0.05) is 57.7 Å². The zero-order chi connectivity index (χ0) is 19.0. The lowest BCUT2D eigenvalue weighted by molar-refractivity contribution is 0.246. The van der Waals surface area contributed by atoms with Gasteiger partial charge in [0.15, 0.2) is 5.82 Å². The molecule has 1 atom stereocenters. The molecule has 1 unspecified atom stereocenters. The molecule has 1 aliphatic carbocycles. The van der Waals surface area contributed by atoms with Gasteiger partial charge in [0.1, 0.15) is 0 Å². The number of amides is 2. The Morgan fingerprint density at radius 2 is 2.07 bits per heavy atom. The van der Waals surface area contributed by atoms with Gasteiger partial charge >= 0.3 is 6.03 Å². The average Bonchev–Trinajstić information content (AvgIpc) is 3.41. The molecule has 9 nitrogen and oxygen atoms in total. The van der Waals surface area contributed by atoms with Crippen molar-refractivity contribution in [1.82, 2.24) is 24.6 Å². The molecule has 2 aliphatic rings. The molecule has 2 fully saturated rings. The van der Waals surface area contributed by atoms with E-state index in [-0.39, 0.29) is 17.6 Å². The topological polar surface area (TPSA) is 97.1 Å². The molecule has 27 heavy (non-hydrogen) atoms. The molecule has 9 heteroatoms. The van der Waals surface area contributed by atoms with Crippen LogP contribution in [-0.2, 0) is 14.1 Å². The van der Waals surface area contributed by atoms with Crippen molar-refractivity contribution in [2.24, 2.45) is 14.1 Å². The van der Waals surface area contributed by atoms with Gasteiger partial charge in [-0.05, 0) is 25.7 Å². The molecule has 0 aromatic carbocycles. The Morgan fingerprint density at radius 3 is 2.85 bits per heavy atom. The van der Waals surface area contributed by atoms with E-state index in [1.807, 2.05) is 18.1 Å². The van der Waals surface area contributed by atoms with Crippen LogP contribution in [0.2, 0.25) is 0 Å². The first kappa shape index (κ1) is 17.6. The summed E-state index contributed by atoms with van der Waals surface area (Å²) in [5, 5.41) is 10.4. The molecule has 2 aromatic rings. The summed E-state index contributed by atoms with van der Waals surface area (Å²) < 4.78 is 3.26.